The summed E-state index contributed by atoms with van der Waals surface area (Å²) in [6.07, 6.45) is 13.0. The van der Waals surface area contributed by atoms with Crippen LogP contribution in [0, 0.1) is 11.8 Å². The van der Waals surface area contributed by atoms with E-state index in [4.69, 9.17) is 0 Å². The van der Waals surface area contributed by atoms with Gasteiger partial charge in [0, 0.05) is 6.04 Å². The molecule has 0 bridgehead atoms. The second kappa shape index (κ2) is 8.11. The molecule has 1 nitrogen and oxygen atoms in total. The van der Waals surface area contributed by atoms with Crippen molar-refractivity contribution in [2.24, 2.45) is 11.8 Å². The van der Waals surface area contributed by atoms with Gasteiger partial charge in [-0.2, -0.15) is 0 Å². The third-order valence-corrected chi connectivity index (χ3v) is 4.41. The van der Waals surface area contributed by atoms with Crippen molar-refractivity contribution in [3.8, 4) is 0 Å². The Labute approximate surface area is 102 Å². The maximum absolute atomic E-state index is 3.53. The molecular formula is C15H31N. The van der Waals surface area contributed by atoms with Crippen LogP contribution in [0.3, 0.4) is 0 Å². The molecule has 1 aliphatic rings. The second-order valence-electron chi connectivity index (χ2n) is 5.74. The lowest BCUT2D eigenvalue weighted by Gasteiger charge is -2.27. The van der Waals surface area contributed by atoms with E-state index in [9.17, 15) is 0 Å². The molecule has 2 atom stereocenters. The fourth-order valence-corrected chi connectivity index (χ4v) is 3.26. The molecule has 1 saturated carbocycles. The van der Waals surface area contributed by atoms with Crippen molar-refractivity contribution >= 4 is 0 Å². The van der Waals surface area contributed by atoms with Gasteiger partial charge >= 0.3 is 0 Å². The Hall–Kier alpha value is -0.0400. The highest BCUT2D eigenvalue weighted by atomic mass is 14.9. The Kier molecular flexibility index (Phi) is 7.11. The van der Waals surface area contributed by atoms with Crippen LogP contribution < -0.4 is 5.32 Å². The minimum absolute atomic E-state index is 0.752. The smallest absolute Gasteiger partial charge is 0.00897 e. The molecule has 0 spiro atoms. The average Bonchev–Trinajstić information content (AvgIpc) is 2.31. The molecule has 0 heterocycles. The first-order valence-electron chi connectivity index (χ1n) is 7.45. The summed E-state index contributed by atoms with van der Waals surface area (Å²) < 4.78 is 0. The summed E-state index contributed by atoms with van der Waals surface area (Å²) in [5.41, 5.74) is 0. The Morgan fingerprint density at radius 1 is 1.12 bits per heavy atom. The first kappa shape index (κ1) is 14.0. The van der Waals surface area contributed by atoms with E-state index in [1.165, 1.54) is 57.8 Å². The molecule has 0 aromatic heterocycles. The Balaban J connectivity index is 2.21. The molecule has 0 saturated heterocycles. The van der Waals surface area contributed by atoms with E-state index in [1.807, 2.05) is 0 Å². The summed E-state index contributed by atoms with van der Waals surface area (Å²) in [4.78, 5) is 0. The molecule has 1 rings (SSSR count). The van der Waals surface area contributed by atoms with Crippen molar-refractivity contribution < 1.29 is 0 Å². The largest absolute Gasteiger partial charge is 0.317 e. The summed E-state index contributed by atoms with van der Waals surface area (Å²) in [6, 6.07) is 0.752. The van der Waals surface area contributed by atoms with Crippen LogP contribution in [0.25, 0.3) is 0 Å². The first-order valence-corrected chi connectivity index (χ1v) is 7.45. The van der Waals surface area contributed by atoms with Crippen LogP contribution in [-0.2, 0) is 0 Å². The standard InChI is InChI=1S/C15H31N/c1-4-8-13(2)15(16-3)12-11-14-9-6-5-7-10-14/h13-16H,4-12H2,1-3H3. The maximum atomic E-state index is 3.53. The third kappa shape index (κ3) is 4.86. The van der Waals surface area contributed by atoms with E-state index < -0.39 is 0 Å². The summed E-state index contributed by atoms with van der Waals surface area (Å²) in [6.45, 7) is 4.70. The molecule has 96 valence electrons. The fourth-order valence-electron chi connectivity index (χ4n) is 3.26. The Morgan fingerprint density at radius 3 is 2.38 bits per heavy atom. The predicted molar refractivity (Wildman–Crippen MR) is 72.7 cm³/mol. The van der Waals surface area contributed by atoms with Crippen molar-refractivity contribution in [2.75, 3.05) is 7.05 Å². The molecule has 1 aliphatic carbocycles. The van der Waals surface area contributed by atoms with E-state index in [2.05, 4.69) is 26.2 Å². The van der Waals surface area contributed by atoms with Gasteiger partial charge < -0.3 is 5.32 Å². The Bertz CT molecular complexity index is 161. The number of hydrogen-bond donors (Lipinski definition) is 1. The van der Waals surface area contributed by atoms with Gasteiger partial charge in [0.2, 0.25) is 0 Å². The van der Waals surface area contributed by atoms with Gasteiger partial charge in [-0.15, -0.1) is 0 Å². The third-order valence-electron chi connectivity index (χ3n) is 4.41. The molecule has 0 aromatic rings. The minimum Gasteiger partial charge on any atom is -0.317 e. The molecule has 1 fully saturated rings. The highest BCUT2D eigenvalue weighted by Crippen LogP contribution is 2.28. The van der Waals surface area contributed by atoms with Gasteiger partial charge in [-0.1, -0.05) is 52.4 Å². The van der Waals surface area contributed by atoms with Crippen LogP contribution in [-0.4, -0.2) is 13.1 Å². The van der Waals surface area contributed by atoms with Crippen LogP contribution in [0.5, 0.6) is 0 Å². The molecule has 0 amide bonds. The number of hydrogen-bond acceptors (Lipinski definition) is 1. The highest BCUT2D eigenvalue weighted by molar-refractivity contribution is 4.74. The molecule has 0 aromatic carbocycles. The van der Waals surface area contributed by atoms with Gasteiger partial charge in [0.25, 0.3) is 0 Å². The normalized spacial score (nSPS) is 21.9. The molecule has 16 heavy (non-hydrogen) atoms. The van der Waals surface area contributed by atoms with E-state index in [0.717, 1.165) is 17.9 Å². The van der Waals surface area contributed by atoms with Gasteiger partial charge in [0.05, 0.1) is 0 Å². The SMILES string of the molecule is CCCC(C)C(CCC1CCCCC1)NC. The van der Waals surface area contributed by atoms with Crippen molar-refractivity contribution in [1.29, 1.82) is 0 Å². The monoisotopic (exact) mass is 225 g/mol. The summed E-state index contributed by atoms with van der Waals surface area (Å²) in [7, 11) is 2.14. The van der Waals surface area contributed by atoms with Crippen LogP contribution in [0.15, 0.2) is 0 Å². The Morgan fingerprint density at radius 2 is 1.81 bits per heavy atom. The maximum Gasteiger partial charge on any atom is 0.00897 e. The van der Waals surface area contributed by atoms with E-state index in [1.54, 1.807) is 0 Å². The molecule has 0 aliphatic heterocycles. The van der Waals surface area contributed by atoms with Crippen molar-refractivity contribution in [1.82, 2.24) is 5.32 Å². The van der Waals surface area contributed by atoms with Gasteiger partial charge in [-0.25, -0.2) is 0 Å². The van der Waals surface area contributed by atoms with Gasteiger partial charge in [-0.05, 0) is 38.1 Å². The zero-order valence-corrected chi connectivity index (χ0v) is 11.6. The summed E-state index contributed by atoms with van der Waals surface area (Å²) >= 11 is 0. The number of rotatable bonds is 7. The van der Waals surface area contributed by atoms with Gasteiger partial charge in [-0.3, -0.25) is 0 Å². The van der Waals surface area contributed by atoms with E-state index in [-0.39, 0.29) is 0 Å². The zero-order chi connectivity index (χ0) is 11.8. The lowest BCUT2D eigenvalue weighted by atomic mass is 9.83. The fraction of sp³-hybridized carbons (Fsp3) is 1.00. The first-order chi connectivity index (χ1) is 7.77. The van der Waals surface area contributed by atoms with Crippen molar-refractivity contribution in [3.05, 3.63) is 0 Å². The minimum atomic E-state index is 0.752. The lowest BCUT2D eigenvalue weighted by molar-refractivity contribution is 0.284. The average molecular weight is 225 g/mol. The van der Waals surface area contributed by atoms with Crippen molar-refractivity contribution in [3.63, 3.8) is 0 Å². The highest BCUT2D eigenvalue weighted by Gasteiger charge is 2.18. The summed E-state index contributed by atoms with van der Waals surface area (Å²) in [5.74, 6) is 1.89. The topological polar surface area (TPSA) is 12.0 Å². The van der Waals surface area contributed by atoms with Crippen LogP contribution in [0.4, 0.5) is 0 Å². The molecule has 2 unspecified atom stereocenters. The van der Waals surface area contributed by atoms with Crippen LogP contribution >= 0.6 is 0 Å². The van der Waals surface area contributed by atoms with Crippen LogP contribution in [0.2, 0.25) is 0 Å². The van der Waals surface area contributed by atoms with Crippen molar-refractivity contribution in [2.45, 2.75) is 77.7 Å². The van der Waals surface area contributed by atoms with E-state index >= 15 is 0 Å². The summed E-state index contributed by atoms with van der Waals surface area (Å²) in [5, 5.41) is 3.53. The molecule has 1 N–H and O–H groups in total. The lowest BCUT2D eigenvalue weighted by Crippen LogP contribution is -2.32. The van der Waals surface area contributed by atoms with Gasteiger partial charge in [0.1, 0.15) is 0 Å². The molecular weight excluding hydrogens is 194 g/mol. The van der Waals surface area contributed by atoms with Crippen LogP contribution in [0.1, 0.15) is 71.6 Å². The number of nitrogens with one attached hydrogen (secondary N) is 1. The molecule has 0 radical (unpaired) electrons. The second-order valence-corrected chi connectivity index (χ2v) is 5.74. The quantitative estimate of drug-likeness (QED) is 0.678. The zero-order valence-electron chi connectivity index (χ0n) is 11.6. The predicted octanol–water partition coefficient (Wildman–Crippen LogP) is 4.37. The molecule has 1 heteroatoms. The van der Waals surface area contributed by atoms with E-state index in [0.29, 0.717) is 0 Å². The van der Waals surface area contributed by atoms with Gasteiger partial charge in [0.15, 0.2) is 0 Å².